The Bertz CT molecular complexity index is 624. The molecule has 2 fully saturated rings. The van der Waals surface area contributed by atoms with Gasteiger partial charge in [-0.1, -0.05) is 0 Å². The fraction of sp³-hybridized carbons (Fsp3) is 0.706. The Morgan fingerprint density at radius 1 is 1.12 bits per heavy atom. The number of aliphatic hydroxyl groups is 1. The van der Waals surface area contributed by atoms with Gasteiger partial charge in [-0.05, 0) is 12.8 Å². The van der Waals surface area contributed by atoms with E-state index in [1.165, 1.54) is 0 Å². The largest absolute Gasteiger partial charge is 0.390 e. The molecule has 0 aliphatic carbocycles. The van der Waals surface area contributed by atoms with Crippen LogP contribution in [0.2, 0.25) is 0 Å². The van der Waals surface area contributed by atoms with Gasteiger partial charge in [0.05, 0.1) is 12.4 Å². The lowest BCUT2D eigenvalue weighted by Gasteiger charge is -2.38. The number of hydrogen-bond donors (Lipinski definition) is 1. The highest BCUT2D eigenvalue weighted by molar-refractivity contribution is 5.92. The maximum atomic E-state index is 12.6. The fourth-order valence-corrected chi connectivity index (χ4v) is 3.76. The summed E-state index contributed by atoms with van der Waals surface area (Å²) in [7, 11) is 1.83. The zero-order chi connectivity index (χ0) is 18.0. The highest BCUT2D eigenvalue weighted by atomic mass is 16.3. The maximum Gasteiger partial charge on any atom is 0.274 e. The molecule has 0 unspecified atom stereocenters. The summed E-state index contributed by atoms with van der Waals surface area (Å²) in [4.78, 5) is 34.0. The van der Waals surface area contributed by atoms with Crippen molar-refractivity contribution < 1.29 is 14.7 Å². The molecule has 1 N–H and O–H groups in total. The maximum absolute atomic E-state index is 12.6. The highest BCUT2D eigenvalue weighted by Crippen LogP contribution is 2.19. The first kappa shape index (κ1) is 17.9. The van der Waals surface area contributed by atoms with E-state index in [4.69, 9.17) is 0 Å². The minimum atomic E-state index is -0.569. The lowest BCUT2D eigenvalue weighted by atomic mass is 10.0. The zero-order valence-electron chi connectivity index (χ0n) is 15.0. The third-order valence-electron chi connectivity index (χ3n) is 5.17. The van der Waals surface area contributed by atoms with Crippen molar-refractivity contribution in [3.63, 3.8) is 0 Å². The number of aromatic nitrogens is 2. The minimum absolute atomic E-state index is 0.126. The van der Waals surface area contributed by atoms with Crippen molar-refractivity contribution in [2.24, 2.45) is 7.05 Å². The van der Waals surface area contributed by atoms with Crippen LogP contribution in [-0.4, -0.2) is 92.6 Å². The average molecular weight is 349 g/mol. The number of β-amino-alcohol motifs (C(OH)–C–C–N with tert-alkyl or cyclic N) is 1. The standard InChI is InChI=1S/C17H27N5O3/c1-13(23)20-5-3-14(4-6-20)21-7-8-22(10-15(24)9-21)17(25)16-11-19(2)12-18-16/h11-12,14-15,24H,3-10H2,1-2H3/t15-/m0/s1. The number of piperidine rings is 1. The molecule has 0 bridgehead atoms. The molecular weight excluding hydrogens is 322 g/mol. The van der Waals surface area contributed by atoms with Crippen molar-refractivity contribution in [3.8, 4) is 0 Å². The summed E-state index contributed by atoms with van der Waals surface area (Å²) < 4.78 is 1.75. The van der Waals surface area contributed by atoms with Gasteiger partial charge >= 0.3 is 0 Å². The predicted molar refractivity (Wildman–Crippen MR) is 92.0 cm³/mol. The van der Waals surface area contributed by atoms with Crippen LogP contribution in [0.25, 0.3) is 0 Å². The Balaban J connectivity index is 1.59. The first-order valence-corrected chi connectivity index (χ1v) is 8.89. The summed E-state index contributed by atoms with van der Waals surface area (Å²) >= 11 is 0. The van der Waals surface area contributed by atoms with Gasteiger partial charge in [0.15, 0.2) is 0 Å². The molecule has 1 aromatic heterocycles. The quantitative estimate of drug-likeness (QED) is 0.782. The van der Waals surface area contributed by atoms with Crippen molar-refractivity contribution in [3.05, 3.63) is 18.2 Å². The van der Waals surface area contributed by atoms with Crippen molar-refractivity contribution >= 4 is 11.8 Å². The number of likely N-dealkylation sites (tertiary alicyclic amines) is 1. The Labute approximate surface area is 148 Å². The third-order valence-corrected chi connectivity index (χ3v) is 5.17. The van der Waals surface area contributed by atoms with E-state index in [1.807, 2.05) is 11.9 Å². The van der Waals surface area contributed by atoms with E-state index in [1.54, 1.807) is 28.9 Å². The van der Waals surface area contributed by atoms with E-state index in [2.05, 4.69) is 9.88 Å². The molecule has 2 saturated heterocycles. The molecule has 138 valence electrons. The summed E-state index contributed by atoms with van der Waals surface area (Å²) in [6.45, 7) is 5.36. The van der Waals surface area contributed by atoms with E-state index in [0.29, 0.717) is 31.4 Å². The second-order valence-electron chi connectivity index (χ2n) is 7.06. The predicted octanol–water partition coefficient (Wildman–Crippen LogP) is -0.450. The summed E-state index contributed by atoms with van der Waals surface area (Å²) in [6, 6.07) is 0.357. The van der Waals surface area contributed by atoms with Gasteiger partial charge in [-0.15, -0.1) is 0 Å². The third kappa shape index (κ3) is 4.19. The van der Waals surface area contributed by atoms with E-state index in [0.717, 1.165) is 32.5 Å². The topological polar surface area (TPSA) is 81.9 Å². The Morgan fingerprint density at radius 2 is 1.84 bits per heavy atom. The number of carbonyl (C=O) groups excluding carboxylic acids is 2. The lowest BCUT2D eigenvalue weighted by molar-refractivity contribution is -0.130. The molecule has 2 amide bonds. The Kier molecular flexibility index (Phi) is 5.39. The van der Waals surface area contributed by atoms with Crippen LogP contribution in [0.4, 0.5) is 0 Å². The molecule has 2 aliphatic heterocycles. The average Bonchev–Trinajstić information content (AvgIpc) is 2.93. The van der Waals surface area contributed by atoms with Crippen LogP contribution in [0.5, 0.6) is 0 Å². The summed E-state index contributed by atoms with van der Waals surface area (Å²) in [5.74, 6) is -0.00520. The van der Waals surface area contributed by atoms with E-state index in [-0.39, 0.29) is 11.8 Å². The van der Waals surface area contributed by atoms with Crippen LogP contribution < -0.4 is 0 Å². The molecule has 2 aliphatic rings. The molecule has 0 spiro atoms. The molecule has 3 heterocycles. The number of nitrogens with zero attached hydrogens (tertiary/aromatic N) is 5. The lowest BCUT2D eigenvalue weighted by Crippen LogP contribution is -2.48. The second kappa shape index (κ2) is 7.53. The fourth-order valence-electron chi connectivity index (χ4n) is 3.76. The van der Waals surface area contributed by atoms with Crippen molar-refractivity contribution in [2.75, 3.05) is 39.3 Å². The molecule has 0 saturated carbocycles. The zero-order valence-corrected chi connectivity index (χ0v) is 15.0. The van der Waals surface area contributed by atoms with Crippen LogP contribution in [0.1, 0.15) is 30.3 Å². The Morgan fingerprint density at radius 3 is 2.44 bits per heavy atom. The molecule has 8 heteroatoms. The van der Waals surface area contributed by atoms with Crippen LogP contribution in [0.3, 0.4) is 0 Å². The highest BCUT2D eigenvalue weighted by Gasteiger charge is 2.31. The Hall–Kier alpha value is -1.93. The van der Waals surface area contributed by atoms with Crippen LogP contribution in [-0.2, 0) is 11.8 Å². The first-order valence-electron chi connectivity index (χ1n) is 8.89. The molecule has 1 aromatic rings. The molecule has 0 radical (unpaired) electrons. The van der Waals surface area contributed by atoms with Crippen molar-refractivity contribution in [2.45, 2.75) is 31.9 Å². The molecule has 8 nitrogen and oxygen atoms in total. The van der Waals surface area contributed by atoms with Gasteiger partial charge < -0.3 is 19.5 Å². The van der Waals surface area contributed by atoms with Crippen molar-refractivity contribution in [1.82, 2.24) is 24.3 Å². The second-order valence-corrected chi connectivity index (χ2v) is 7.06. The molecule has 25 heavy (non-hydrogen) atoms. The molecular formula is C17H27N5O3. The number of carbonyl (C=O) groups is 2. The SMILES string of the molecule is CC(=O)N1CCC(N2CCN(C(=O)c3cn(C)cn3)C[C@@H](O)C2)CC1. The van der Waals surface area contributed by atoms with E-state index < -0.39 is 6.10 Å². The number of imidazole rings is 1. The number of aryl methyl sites for hydroxylation is 1. The van der Waals surface area contributed by atoms with Gasteiger partial charge in [-0.25, -0.2) is 4.98 Å². The molecule has 3 rings (SSSR count). The van der Waals surface area contributed by atoms with Gasteiger partial charge in [-0.2, -0.15) is 0 Å². The normalized spacial score (nSPS) is 23.6. The number of hydrogen-bond acceptors (Lipinski definition) is 5. The molecule has 1 atom stereocenters. The van der Waals surface area contributed by atoms with E-state index in [9.17, 15) is 14.7 Å². The van der Waals surface area contributed by atoms with Gasteiger partial charge in [-0.3, -0.25) is 14.5 Å². The van der Waals surface area contributed by atoms with E-state index >= 15 is 0 Å². The minimum Gasteiger partial charge on any atom is -0.390 e. The number of rotatable bonds is 2. The van der Waals surface area contributed by atoms with Crippen LogP contribution in [0, 0.1) is 0 Å². The van der Waals surface area contributed by atoms with Gasteiger partial charge in [0, 0.05) is 65.5 Å². The first-order chi connectivity index (χ1) is 11.9. The van der Waals surface area contributed by atoms with Crippen molar-refractivity contribution in [1.29, 1.82) is 0 Å². The van der Waals surface area contributed by atoms with Gasteiger partial charge in [0.1, 0.15) is 5.69 Å². The molecule has 0 aromatic carbocycles. The number of aliphatic hydroxyl groups excluding tert-OH is 1. The summed E-state index contributed by atoms with van der Waals surface area (Å²) in [6.07, 6.45) is 4.58. The number of amides is 2. The van der Waals surface area contributed by atoms with Crippen LogP contribution in [0.15, 0.2) is 12.5 Å². The smallest absolute Gasteiger partial charge is 0.274 e. The summed E-state index contributed by atoms with van der Waals surface area (Å²) in [5, 5.41) is 10.4. The summed E-state index contributed by atoms with van der Waals surface area (Å²) in [5.41, 5.74) is 0.415. The monoisotopic (exact) mass is 349 g/mol. The van der Waals surface area contributed by atoms with Crippen LogP contribution >= 0.6 is 0 Å². The van der Waals surface area contributed by atoms with Gasteiger partial charge in [0.25, 0.3) is 5.91 Å². The van der Waals surface area contributed by atoms with Gasteiger partial charge in [0.2, 0.25) is 5.91 Å².